The lowest BCUT2D eigenvalue weighted by Crippen LogP contribution is -2.46. The molecule has 1 aromatic heterocycles. The van der Waals surface area contributed by atoms with Crippen LogP contribution in [0.25, 0.3) is 21.8 Å². The number of hydrogen-bond donors (Lipinski definition) is 1. The van der Waals surface area contributed by atoms with Gasteiger partial charge in [0.25, 0.3) is 5.69 Å². The van der Waals surface area contributed by atoms with Crippen LogP contribution in [-0.2, 0) is 27.2 Å². The molecular weight excluding hydrogens is 598 g/mol. The molecule has 0 unspecified atom stereocenters. The predicted octanol–water partition coefficient (Wildman–Crippen LogP) is 6.76. The summed E-state index contributed by atoms with van der Waals surface area (Å²) >= 11 is 0. The number of amides is 2. The smallest absolute Gasteiger partial charge is 0.407 e. The van der Waals surface area contributed by atoms with Gasteiger partial charge in [-0.25, -0.2) is 9.78 Å². The Hall–Kier alpha value is -4.51. The molecule has 0 radical (unpaired) electrons. The number of aromatic nitrogens is 2. The first-order valence-electron chi connectivity index (χ1n) is 16.4. The summed E-state index contributed by atoms with van der Waals surface area (Å²) in [6, 6.07) is 18.6. The number of nitro benzene ring substituents is 1. The summed E-state index contributed by atoms with van der Waals surface area (Å²) in [5.41, 5.74) is 1.79. The molecule has 250 valence electrons. The molecule has 3 aromatic carbocycles. The van der Waals surface area contributed by atoms with E-state index < -0.39 is 22.7 Å². The molecule has 1 aliphatic rings. The van der Waals surface area contributed by atoms with E-state index in [1.165, 1.54) is 12.1 Å². The van der Waals surface area contributed by atoms with Crippen LogP contribution in [0.2, 0.25) is 0 Å². The number of carbonyl (C=O) groups excluding carboxylic acids is 2. The summed E-state index contributed by atoms with van der Waals surface area (Å²) in [5, 5.41) is 16.7. The van der Waals surface area contributed by atoms with E-state index in [9.17, 15) is 19.7 Å². The van der Waals surface area contributed by atoms with E-state index in [0.717, 1.165) is 53.4 Å². The normalized spacial score (nSPS) is 15.9. The van der Waals surface area contributed by atoms with Crippen LogP contribution in [0.3, 0.4) is 0 Å². The van der Waals surface area contributed by atoms with Gasteiger partial charge in [0.15, 0.2) is 0 Å². The van der Waals surface area contributed by atoms with E-state index in [4.69, 9.17) is 14.5 Å². The van der Waals surface area contributed by atoms with Crippen molar-refractivity contribution >= 4 is 39.5 Å². The number of rotatable bonds is 12. The maximum atomic E-state index is 13.9. The highest BCUT2D eigenvalue weighted by Crippen LogP contribution is 2.32. The molecule has 1 fully saturated rings. The molecule has 1 N–H and O–H groups in total. The SMILES string of the molecule is COCCCCn1c([C@@H]2CCCN(C(=O)C[C@@H](Cc3ccc4ccccc4c3)NC(=O)OC(C)(C)C)C2)nc2cc([N+](=O)[O-])ccc21. The van der Waals surface area contributed by atoms with Gasteiger partial charge in [0, 0.05) is 63.9 Å². The number of nitro groups is 1. The van der Waals surface area contributed by atoms with Crippen molar-refractivity contribution in [3.63, 3.8) is 0 Å². The van der Waals surface area contributed by atoms with Gasteiger partial charge in [-0.2, -0.15) is 0 Å². The van der Waals surface area contributed by atoms with E-state index in [1.54, 1.807) is 13.2 Å². The Morgan fingerprint density at radius 1 is 1.09 bits per heavy atom. The Morgan fingerprint density at radius 3 is 2.62 bits per heavy atom. The minimum Gasteiger partial charge on any atom is -0.444 e. The molecule has 1 saturated heterocycles. The number of hydrogen-bond acceptors (Lipinski definition) is 7. The van der Waals surface area contributed by atoms with Gasteiger partial charge in [0.2, 0.25) is 5.91 Å². The number of nitrogens with one attached hydrogen (secondary N) is 1. The summed E-state index contributed by atoms with van der Waals surface area (Å²) in [5.74, 6) is 0.768. The number of alkyl carbamates (subject to hydrolysis) is 1. The van der Waals surface area contributed by atoms with Crippen molar-refractivity contribution < 1.29 is 24.0 Å². The fourth-order valence-corrected chi connectivity index (χ4v) is 6.37. The minimum absolute atomic E-state index is 0.00322. The molecular formula is C36H45N5O6. The third-order valence-corrected chi connectivity index (χ3v) is 8.53. The summed E-state index contributed by atoms with van der Waals surface area (Å²) in [7, 11) is 1.68. The first-order valence-corrected chi connectivity index (χ1v) is 16.4. The number of fused-ring (bicyclic) bond motifs is 2. The van der Waals surface area contributed by atoms with Crippen LogP contribution >= 0.6 is 0 Å². The molecule has 11 nitrogen and oxygen atoms in total. The fourth-order valence-electron chi connectivity index (χ4n) is 6.37. The molecule has 0 saturated carbocycles. The van der Waals surface area contributed by atoms with Gasteiger partial charge in [-0.3, -0.25) is 14.9 Å². The summed E-state index contributed by atoms with van der Waals surface area (Å²) in [6.45, 7) is 7.89. The maximum Gasteiger partial charge on any atom is 0.407 e. The summed E-state index contributed by atoms with van der Waals surface area (Å²) < 4.78 is 12.9. The Labute approximate surface area is 275 Å². The number of unbranched alkanes of at least 4 members (excludes halogenated alkanes) is 1. The van der Waals surface area contributed by atoms with Crippen LogP contribution in [0.1, 0.15) is 70.2 Å². The molecule has 11 heteroatoms. The fraction of sp³-hybridized carbons (Fsp3) is 0.472. The zero-order chi connectivity index (χ0) is 33.6. The van der Waals surface area contributed by atoms with E-state index in [2.05, 4.69) is 34.1 Å². The monoisotopic (exact) mass is 643 g/mol. The van der Waals surface area contributed by atoms with Gasteiger partial charge >= 0.3 is 6.09 Å². The van der Waals surface area contributed by atoms with Crippen molar-refractivity contribution in [3.8, 4) is 0 Å². The van der Waals surface area contributed by atoms with Crippen molar-refractivity contribution in [2.24, 2.45) is 0 Å². The van der Waals surface area contributed by atoms with E-state index in [1.807, 2.05) is 43.9 Å². The van der Waals surface area contributed by atoms with E-state index >= 15 is 0 Å². The largest absolute Gasteiger partial charge is 0.444 e. The number of likely N-dealkylation sites (tertiary alicyclic amines) is 1. The van der Waals surface area contributed by atoms with Gasteiger partial charge in [-0.1, -0.05) is 42.5 Å². The number of carbonyl (C=O) groups is 2. The minimum atomic E-state index is -0.670. The average Bonchev–Trinajstić information content (AvgIpc) is 3.40. The first-order chi connectivity index (χ1) is 22.5. The zero-order valence-corrected chi connectivity index (χ0v) is 27.7. The number of nitrogens with zero attached hydrogens (tertiary/aromatic N) is 4. The van der Waals surface area contributed by atoms with Crippen molar-refractivity contribution in [3.05, 3.63) is 82.2 Å². The van der Waals surface area contributed by atoms with E-state index in [-0.39, 0.29) is 23.9 Å². The molecule has 5 rings (SSSR count). The number of piperidine rings is 1. The lowest BCUT2D eigenvalue weighted by atomic mass is 9.95. The molecule has 47 heavy (non-hydrogen) atoms. The third-order valence-electron chi connectivity index (χ3n) is 8.53. The van der Waals surface area contributed by atoms with Crippen LogP contribution in [0, 0.1) is 10.1 Å². The first kappa shape index (κ1) is 33.8. The highest BCUT2D eigenvalue weighted by molar-refractivity contribution is 5.83. The Morgan fingerprint density at radius 2 is 1.87 bits per heavy atom. The standard InChI is InChI=1S/C36H45N5O6/c1-36(2,3)47-35(43)37-29(21-25-13-14-26-10-5-6-11-27(26)20-25)22-33(42)39-17-9-12-28(24-39)34-38-31-23-30(41(44)45)15-16-32(31)40(34)18-7-8-19-46-4/h5-6,10-11,13-16,20,23,28-29H,7-9,12,17-19,21-22,24H2,1-4H3,(H,37,43)/t28-,29-/m1/s1. The van der Waals surface area contributed by atoms with Gasteiger partial charge in [-0.15, -0.1) is 0 Å². The third kappa shape index (κ3) is 8.85. The zero-order valence-electron chi connectivity index (χ0n) is 27.7. The Kier molecular flexibility index (Phi) is 10.8. The highest BCUT2D eigenvalue weighted by atomic mass is 16.6. The molecule has 4 aromatic rings. The van der Waals surface area contributed by atoms with Gasteiger partial charge < -0.3 is 24.3 Å². The maximum absolute atomic E-state index is 13.9. The van der Waals surface area contributed by atoms with E-state index in [0.29, 0.717) is 38.2 Å². The number of aryl methyl sites for hydroxylation is 1. The molecule has 0 aliphatic carbocycles. The van der Waals surface area contributed by atoms with Crippen molar-refractivity contribution in [2.45, 2.75) is 83.4 Å². The number of non-ortho nitro benzene ring substituents is 1. The predicted molar refractivity (Wildman–Crippen MR) is 181 cm³/mol. The number of imidazole rings is 1. The molecule has 2 atom stereocenters. The van der Waals surface area contributed by atoms with Crippen LogP contribution in [-0.4, -0.2) is 69.8 Å². The van der Waals surface area contributed by atoms with Crippen molar-refractivity contribution in [2.75, 3.05) is 26.8 Å². The molecule has 1 aliphatic heterocycles. The lowest BCUT2D eigenvalue weighted by molar-refractivity contribution is -0.384. The van der Waals surface area contributed by atoms with Gasteiger partial charge in [0.05, 0.1) is 16.0 Å². The quantitative estimate of drug-likeness (QED) is 0.103. The topological polar surface area (TPSA) is 129 Å². The summed E-state index contributed by atoms with van der Waals surface area (Å²) in [6.07, 6.45) is 3.44. The van der Waals surface area contributed by atoms with Gasteiger partial charge in [-0.05, 0) is 75.3 Å². The highest BCUT2D eigenvalue weighted by Gasteiger charge is 2.31. The lowest BCUT2D eigenvalue weighted by Gasteiger charge is -2.34. The number of ether oxygens (including phenoxy) is 2. The molecule has 2 heterocycles. The second kappa shape index (κ2) is 14.9. The van der Waals surface area contributed by atoms with Crippen LogP contribution in [0.5, 0.6) is 0 Å². The second-order valence-corrected chi connectivity index (χ2v) is 13.4. The molecule has 0 bridgehead atoms. The van der Waals surface area contributed by atoms with Crippen LogP contribution < -0.4 is 5.32 Å². The number of methoxy groups -OCH3 is 1. The Balaban J connectivity index is 1.35. The van der Waals surface area contributed by atoms with Crippen molar-refractivity contribution in [1.82, 2.24) is 19.8 Å². The van der Waals surface area contributed by atoms with Crippen LogP contribution in [0.4, 0.5) is 10.5 Å². The van der Waals surface area contributed by atoms with Crippen molar-refractivity contribution in [1.29, 1.82) is 0 Å². The second-order valence-electron chi connectivity index (χ2n) is 13.4. The summed E-state index contributed by atoms with van der Waals surface area (Å²) in [4.78, 5) is 44.6. The number of benzene rings is 3. The Bertz CT molecular complexity index is 1730. The van der Waals surface area contributed by atoms with Gasteiger partial charge in [0.1, 0.15) is 11.4 Å². The molecule has 0 spiro atoms. The molecule has 2 amide bonds. The van der Waals surface area contributed by atoms with Crippen LogP contribution in [0.15, 0.2) is 60.7 Å². The average molecular weight is 644 g/mol.